The van der Waals surface area contributed by atoms with E-state index in [9.17, 15) is 9.59 Å². The normalized spacial score (nSPS) is 14.5. The zero-order chi connectivity index (χ0) is 16.9. The van der Waals surface area contributed by atoms with E-state index in [0.717, 1.165) is 22.0 Å². The van der Waals surface area contributed by atoms with Gasteiger partial charge in [0, 0.05) is 36.6 Å². The molecule has 1 N–H and O–H groups in total. The van der Waals surface area contributed by atoms with Crippen LogP contribution in [0.3, 0.4) is 0 Å². The van der Waals surface area contributed by atoms with Crippen LogP contribution in [0.25, 0.3) is 10.6 Å². The topological polar surface area (TPSA) is 71.5 Å². The van der Waals surface area contributed by atoms with E-state index in [0.29, 0.717) is 32.7 Å². The van der Waals surface area contributed by atoms with E-state index in [1.165, 1.54) is 18.3 Å². The Balaban J connectivity index is 1.69. The van der Waals surface area contributed by atoms with E-state index >= 15 is 0 Å². The molecular formula is C17H19N3O3S. The molecule has 0 spiro atoms. The summed E-state index contributed by atoms with van der Waals surface area (Å²) in [5.41, 5.74) is 2.44. The minimum atomic E-state index is -0.108. The summed E-state index contributed by atoms with van der Waals surface area (Å²) >= 11 is 1.50. The Hall–Kier alpha value is -2.25. The van der Waals surface area contributed by atoms with Crippen LogP contribution in [-0.4, -0.2) is 48.0 Å². The number of carbonyl (C=O) groups is 2. The van der Waals surface area contributed by atoms with Crippen molar-refractivity contribution < 1.29 is 14.3 Å². The van der Waals surface area contributed by atoms with Crippen LogP contribution in [0.15, 0.2) is 29.6 Å². The lowest BCUT2D eigenvalue weighted by Crippen LogP contribution is -2.41. The highest BCUT2D eigenvalue weighted by Gasteiger charge is 2.18. The fourth-order valence-corrected chi connectivity index (χ4v) is 3.35. The monoisotopic (exact) mass is 345 g/mol. The van der Waals surface area contributed by atoms with Crippen molar-refractivity contribution in [2.24, 2.45) is 0 Å². The summed E-state index contributed by atoms with van der Waals surface area (Å²) in [4.78, 5) is 29.8. The predicted octanol–water partition coefficient (Wildman–Crippen LogP) is 2.17. The third kappa shape index (κ3) is 4.18. The van der Waals surface area contributed by atoms with Crippen molar-refractivity contribution in [3.63, 3.8) is 0 Å². The van der Waals surface area contributed by atoms with Gasteiger partial charge < -0.3 is 15.0 Å². The van der Waals surface area contributed by atoms with Gasteiger partial charge in [0.2, 0.25) is 11.8 Å². The molecule has 2 heterocycles. The highest BCUT2D eigenvalue weighted by molar-refractivity contribution is 7.13. The molecule has 2 aromatic rings. The highest BCUT2D eigenvalue weighted by atomic mass is 32.1. The molecule has 6 nitrogen and oxygen atoms in total. The molecule has 0 unspecified atom stereocenters. The second-order valence-electron chi connectivity index (χ2n) is 5.58. The first-order valence-electron chi connectivity index (χ1n) is 7.80. The van der Waals surface area contributed by atoms with Gasteiger partial charge in [0.1, 0.15) is 5.01 Å². The SMILES string of the molecule is CC(=O)Nc1cccc(-c2nc(CC(=O)N3CCOCC3)cs2)c1. The molecular weight excluding hydrogens is 326 g/mol. The standard InChI is InChI=1S/C17H19N3O3S/c1-12(21)18-14-4-2-3-13(9-14)17-19-15(11-24-17)10-16(22)20-5-7-23-8-6-20/h2-4,9,11H,5-8,10H2,1H3,(H,18,21). The molecule has 0 aliphatic carbocycles. The molecule has 3 rings (SSSR count). The second-order valence-corrected chi connectivity index (χ2v) is 6.43. The van der Waals surface area contributed by atoms with Crippen LogP contribution in [0.4, 0.5) is 5.69 Å². The summed E-state index contributed by atoms with van der Waals surface area (Å²) < 4.78 is 5.26. The molecule has 1 saturated heterocycles. The fourth-order valence-electron chi connectivity index (χ4n) is 2.53. The molecule has 1 aromatic heterocycles. The number of anilines is 1. The Labute approximate surface area is 144 Å². The van der Waals surface area contributed by atoms with Gasteiger partial charge in [-0.1, -0.05) is 12.1 Å². The van der Waals surface area contributed by atoms with Crippen molar-refractivity contribution in [3.05, 3.63) is 35.3 Å². The maximum absolute atomic E-state index is 12.3. The van der Waals surface area contributed by atoms with Crippen molar-refractivity contribution in [3.8, 4) is 10.6 Å². The first-order chi connectivity index (χ1) is 11.6. The Morgan fingerprint density at radius 2 is 2.12 bits per heavy atom. The maximum Gasteiger partial charge on any atom is 0.228 e. The molecule has 24 heavy (non-hydrogen) atoms. The van der Waals surface area contributed by atoms with Gasteiger partial charge in [0.25, 0.3) is 0 Å². The number of rotatable bonds is 4. The third-order valence-electron chi connectivity index (χ3n) is 3.68. The summed E-state index contributed by atoms with van der Waals surface area (Å²) in [7, 11) is 0. The van der Waals surface area contributed by atoms with Gasteiger partial charge in [-0.2, -0.15) is 0 Å². The Bertz CT molecular complexity index is 738. The predicted molar refractivity (Wildman–Crippen MR) is 93.0 cm³/mol. The molecule has 2 amide bonds. The van der Waals surface area contributed by atoms with Crippen LogP contribution in [0.5, 0.6) is 0 Å². The molecule has 0 bridgehead atoms. The number of amides is 2. The van der Waals surface area contributed by atoms with Crippen molar-refractivity contribution >= 4 is 28.8 Å². The van der Waals surface area contributed by atoms with E-state index < -0.39 is 0 Å². The highest BCUT2D eigenvalue weighted by Crippen LogP contribution is 2.26. The maximum atomic E-state index is 12.3. The number of thiazole rings is 1. The van der Waals surface area contributed by atoms with Crippen molar-refractivity contribution in [2.45, 2.75) is 13.3 Å². The van der Waals surface area contributed by atoms with Crippen molar-refractivity contribution in [1.82, 2.24) is 9.88 Å². The Morgan fingerprint density at radius 1 is 1.33 bits per heavy atom. The van der Waals surface area contributed by atoms with E-state index in [1.54, 1.807) is 0 Å². The average Bonchev–Trinajstić information content (AvgIpc) is 3.04. The lowest BCUT2D eigenvalue weighted by Gasteiger charge is -2.26. The quantitative estimate of drug-likeness (QED) is 0.922. The van der Waals surface area contributed by atoms with Crippen LogP contribution >= 0.6 is 11.3 Å². The number of morpholine rings is 1. The van der Waals surface area contributed by atoms with E-state index in [2.05, 4.69) is 10.3 Å². The van der Waals surface area contributed by atoms with Crippen LogP contribution < -0.4 is 5.32 Å². The number of hydrogen-bond donors (Lipinski definition) is 1. The van der Waals surface area contributed by atoms with E-state index in [1.807, 2.05) is 34.5 Å². The average molecular weight is 345 g/mol. The number of nitrogens with one attached hydrogen (secondary N) is 1. The van der Waals surface area contributed by atoms with Gasteiger partial charge in [-0.05, 0) is 12.1 Å². The number of hydrogen-bond acceptors (Lipinski definition) is 5. The smallest absolute Gasteiger partial charge is 0.228 e. The summed E-state index contributed by atoms with van der Waals surface area (Å²) in [5.74, 6) is -0.0229. The van der Waals surface area contributed by atoms with Crippen LogP contribution in [0.2, 0.25) is 0 Å². The molecule has 126 valence electrons. The molecule has 1 aliphatic heterocycles. The Kier molecular flexibility index (Phi) is 5.22. The fraction of sp³-hybridized carbons (Fsp3) is 0.353. The summed E-state index contributed by atoms with van der Waals surface area (Å²) in [5, 5.41) is 5.52. The number of aromatic nitrogens is 1. The van der Waals surface area contributed by atoms with Crippen molar-refractivity contribution in [1.29, 1.82) is 0 Å². The second kappa shape index (κ2) is 7.55. The van der Waals surface area contributed by atoms with Gasteiger partial charge in [-0.25, -0.2) is 4.98 Å². The van der Waals surface area contributed by atoms with Crippen LogP contribution in [-0.2, 0) is 20.7 Å². The Morgan fingerprint density at radius 3 is 2.88 bits per heavy atom. The largest absolute Gasteiger partial charge is 0.378 e. The molecule has 1 aliphatic rings. The van der Waals surface area contributed by atoms with E-state index in [-0.39, 0.29) is 11.8 Å². The van der Waals surface area contributed by atoms with Crippen LogP contribution in [0.1, 0.15) is 12.6 Å². The van der Waals surface area contributed by atoms with Gasteiger partial charge in [-0.15, -0.1) is 11.3 Å². The van der Waals surface area contributed by atoms with Gasteiger partial charge in [0.05, 0.1) is 25.3 Å². The zero-order valence-corrected chi connectivity index (χ0v) is 14.3. The molecule has 0 atom stereocenters. The number of benzene rings is 1. The number of nitrogens with zero attached hydrogens (tertiary/aromatic N) is 2. The van der Waals surface area contributed by atoms with Crippen LogP contribution in [0, 0.1) is 0 Å². The zero-order valence-electron chi connectivity index (χ0n) is 13.4. The number of carbonyl (C=O) groups excluding carboxylic acids is 2. The van der Waals surface area contributed by atoms with E-state index in [4.69, 9.17) is 4.74 Å². The van der Waals surface area contributed by atoms with Gasteiger partial charge >= 0.3 is 0 Å². The molecule has 1 aromatic carbocycles. The lowest BCUT2D eigenvalue weighted by atomic mass is 10.2. The molecule has 7 heteroatoms. The number of ether oxygens (including phenoxy) is 1. The first kappa shape index (κ1) is 16.6. The summed E-state index contributed by atoms with van der Waals surface area (Å²) in [6.45, 7) is 3.97. The summed E-state index contributed by atoms with van der Waals surface area (Å²) in [6, 6.07) is 7.54. The minimum Gasteiger partial charge on any atom is -0.378 e. The third-order valence-corrected chi connectivity index (χ3v) is 4.62. The minimum absolute atomic E-state index is 0.0853. The van der Waals surface area contributed by atoms with Gasteiger partial charge in [-0.3, -0.25) is 9.59 Å². The molecule has 1 fully saturated rings. The van der Waals surface area contributed by atoms with Crippen molar-refractivity contribution in [2.75, 3.05) is 31.6 Å². The first-order valence-corrected chi connectivity index (χ1v) is 8.68. The molecule has 0 saturated carbocycles. The lowest BCUT2D eigenvalue weighted by molar-refractivity contribution is -0.134. The molecule has 0 radical (unpaired) electrons. The summed E-state index contributed by atoms with van der Waals surface area (Å²) in [6.07, 6.45) is 0.307. The van der Waals surface area contributed by atoms with Gasteiger partial charge in [0.15, 0.2) is 0 Å².